The molecule has 1 amide bonds. The Labute approximate surface area is 161 Å². The van der Waals surface area contributed by atoms with Crippen molar-refractivity contribution >= 4 is 28.2 Å². The molecule has 0 radical (unpaired) electrons. The van der Waals surface area contributed by atoms with Gasteiger partial charge in [-0.15, -0.1) is 11.3 Å². The van der Waals surface area contributed by atoms with Crippen molar-refractivity contribution in [1.29, 1.82) is 0 Å². The molecule has 27 heavy (non-hydrogen) atoms. The quantitative estimate of drug-likeness (QED) is 0.645. The fourth-order valence-corrected chi connectivity index (χ4v) is 3.83. The third kappa shape index (κ3) is 4.81. The highest BCUT2D eigenvalue weighted by Crippen LogP contribution is 2.35. The summed E-state index contributed by atoms with van der Waals surface area (Å²) < 4.78 is 0. The van der Waals surface area contributed by atoms with E-state index in [-0.39, 0.29) is 18.0 Å². The van der Waals surface area contributed by atoms with Gasteiger partial charge in [0.15, 0.2) is 0 Å². The van der Waals surface area contributed by atoms with Crippen molar-refractivity contribution in [1.82, 2.24) is 4.90 Å². The van der Waals surface area contributed by atoms with Crippen LogP contribution in [0.5, 0.6) is 0 Å². The lowest BCUT2D eigenvalue weighted by Crippen LogP contribution is -2.30. The summed E-state index contributed by atoms with van der Waals surface area (Å²) >= 11 is 1.23. The summed E-state index contributed by atoms with van der Waals surface area (Å²) in [5.74, 6) is -1.29. The molecule has 0 atom stereocenters. The third-order valence-electron chi connectivity index (χ3n) is 4.05. The molecule has 0 aliphatic rings. The van der Waals surface area contributed by atoms with Crippen LogP contribution in [-0.2, 0) is 11.3 Å². The average molecular weight is 380 g/mol. The standard InChI is InChI=1S/C21H20N2O3S/c1-23(12-15-8-4-2-5-9-15)13-18(24)22-20-19(21(25)26)17(14-27-20)16-10-6-3-7-11-16/h2-11,14H,12-13H2,1H3,(H,22,24)(H,25,26). The number of carbonyl (C=O) groups excluding carboxylic acids is 1. The van der Waals surface area contributed by atoms with E-state index in [9.17, 15) is 14.7 Å². The van der Waals surface area contributed by atoms with Crippen molar-refractivity contribution in [2.24, 2.45) is 0 Å². The monoisotopic (exact) mass is 380 g/mol. The van der Waals surface area contributed by atoms with Crippen molar-refractivity contribution in [3.63, 3.8) is 0 Å². The fraction of sp³-hybridized carbons (Fsp3) is 0.143. The van der Waals surface area contributed by atoms with Crippen molar-refractivity contribution < 1.29 is 14.7 Å². The van der Waals surface area contributed by atoms with Gasteiger partial charge in [-0.25, -0.2) is 4.79 Å². The molecule has 3 rings (SSSR count). The van der Waals surface area contributed by atoms with Crippen LogP contribution in [0.25, 0.3) is 11.1 Å². The van der Waals surface area contributed by atoms with Crippen LogP contribution >= 0.6 is 11.3 Å². The maximum Gasteiger partial charge on any atom is 0.339 e. The number of rotatable bonds is 7. The molecule has 1 heterocycles. The summed E-state index contributed by atoms with van der Waals surface area (Å²) in [4.78, 5) is 26.0. The van der Waals surface area contributed by atoms with Crippen LogP contribution in [0.2, 0.25) is 0 Å². The van der Waals surface area contributed by atoms with Crippen molar-refractivity contribution in [3.8, 4) is 11.1 Å². The number of hydrogen-bond acceptors (Lipinski definition) is 4. The van der Waals surface area contributed by atoms with Gasteiger partial charge in [0.25, 0.3) is 0 Å². The van der Waals surface area contributed by atoms with E-state index in [1.165, 1.54) is 11.3 Å². The summed E-state index contributed by atoms with van der Waals surface area (Å²) in [7, 11) is 1.86. The van der Waals surface area contributed by atoms with Crippen LogP contribution in [0.1, 0.15) is 15.9 Å². The molecule has 0 aliphatic carbocycles. The van der Waals surface area contributed by atoms with Gasteiger partial charge in [0.2, 0.25) is 5.91 Å². The number of amides is 1. The highest BCUT2D eigenvalue weighted by molar-refractivity contribution is 7.15. The van der Waals surface area contributed by atoms with Crippen LogP contribution in [0.4, 0.5) is 5.00 Å². The lowest BCUT2D eigenvalue weighted by Gasteiger charge is -2.16. The Morgan fingerprint density at radius 1 is 1.04 bits per heavy atom. The van der Waals surface area contributed by atoms with E-state index in [1.807, 2.05) is 72.6 Å². The number of thiophene rings is 1. The van der Waals surface area contributed by atoms with Gasteiger partial charge >= 0.3 is 5.97 Å². The summed E-state index contributed by atoms with van der Waals surface area (Å²) in [5.41, 5.74) is 2.67. The van der Waals surface area contributed by atoms with Gasteiger partial charge in [0, 0.05) is 17.5 Å². The van der Waals surface area contributed by atoms with Crippen LogP contribution in [0.3, 0.4) is 0 Å². The number of carboxylic acids is 1. The molecule has 5 nitrogen and oxygen atoms in total. The second-order valence-electron chi connectivity index (χ2n) is 6.23. The van der Waals surface area contributed by atoms with E-state index in [1.54, 1.807) is 5.38 Å². The first-order valence-corrected chi connectivity index (χ1v) is 9.35. The molecule has 0 saturated carbocycles. The van der Waals surface area contributed by atoms with Crippen molar-refractivity contribution in [2.75, 3.05) is 18.9 Å². The van der Waals surface area contributed by atoms with E-state index in [0.717, 1.165) is 11.1 Å². The van der Waals surface area contributed by atoms with Gasteiger partial charge in [-0.3, -0.25) is 9.69 Å². The molecule has 2 aromatic carbocycles. The first-order valence-electron chi connectivity index (χ1n) is 8.47. The topological polar surface area (TPSA) is 69.6 Å². The molecule has 138 valence electrons. The number of hydrogen-bond donors (Lipinski definition) is 2. The number of carbonyl (C=O) groups is 2. The van der Waals surface area contributed by atoms with Crippen molar-refractivity contribution in [2.45, 2.75) is 6.54 Å². The number of anilines is 1. The molecule has 3 aromatic rings. The zero-order valence-electron chi connectivity index (χ0n) is 14.9. The predicted molar refractivity (Wildman–Crippen MR) is 108 cm³/mol. The molecule has 0 aliphatic heterocycles. The SMILES string of the molecule is CN(CC(=O)Nc1scc(-c2ccccc2)c1C(=O)O)Cc1ccccc1. The molecule has 1 aromatic heterocycles. The molecule has 0 saturated heterocycles. The van der Waals surface area contributed by atoms with E-state index in [4.69, 9.17) is 0 Å². The fourth-order valence-electron chi connectivity index (χ4n) is 2.85. The zero-order chi connectivity index (χ0) is 19.2. The highest BCUT2D eigenvalue weighted by Gasteiger charge is 2.21. The minimum absolute atomic E-state index is 0.130. The smallest absolute Gasteiger partial charge is 0.339 e. The van der Waals surface area contributed by atoms with E-state index < -0.39 is 5.97 Å². The second kappa shape index (κ2) is 8.62. The van der Waals surface area contributed by atoms with Gasteiger partial charge < -0.3 is 10.4 Å². The normalized spacial score (nSPS) is 10.7. The summed E-state index contributed by atoms with van der Waals surface area (Å²) in [5, 5.41) is 14.5. The summed E-state index contributed by atoms with van der Waals surface area (Å²) in [6, 6.07) is 19.2. The van der Waals surface area contributed by atoms with E-state index in [2.05, 4.69) is 5.32 Å². The molecule has 0 unspecified atom stereocenters. The Kier molecular flexibility index (Phi) is 6.01. The van der Waals surface area contributed by atoms with Gasteiger partial charge in [0.1, 0.15) is 10.6 Å². The van der Waals surface area contributed by atoms with Crippen molar-refractivity contribution in [3.05, 3.63) is 77.2 Å². The Bertz CT molecular complexity index is 923. The molecule has 0 bridgehead atoms. The van der Waals surface area contributed by atoms with Gasteiger partial charge in [-0.1, -0.05) is 60.7 Å². The number of nitrogens with zero attached hydrogens (tertiary/aromatic N) is 1. The number of benzene rings is 2. The van der Waals surface area contributed by atoms with Gasteiger partial charge in [-0.2, -0.15) is 0 Å². The Hall–Kier alpha value is -2.96. The average Bonchev–Trinajstić information content (AvgIpc) is 3.06. The maximum absolute atomic E-state index is 12.4. The molecular formula is C21H20N2O3S. The minimum Gasteiger partial charge on any atom is -0.478 e. The Balaban J connectivity index is 1.71. The van der Waals surface area contributed by atoms with Crippen LogP contribution in [-0.4, -0.2) is 35.5 Å². The number of aromatic carboxylic acids is 1. The number of likely N-dealkylation sites (N-methyl/N-ethyl adjacent to an activating group) is 1. The maximum atomic E-state index is 12.4. The lowest BCUT2D eigenvalue weighted by molar-refractivity contribution is -0.117. The Morgan fingerprint density at radius 3 is 2.30 bits per heavy atom. The third-order valence-corrected chi connectivity index (χ3v) is 4.95. The predicted octanol–water partition coefficient (Wildman–Crippen LogP) is 4.18. The first-order chi connectivity index (χ1) is 13.0. The Morgan fingerprint density at radius 2 is 1.67 bits per heavy atom. The van der Waals surface area contributed by atoms with Crippen LogP contribution < -0.4 is 5.32 Å². The van der Waals surface area contributed by atoms with Crippen LogP contribution in [0.15, 0.2) is 66.0 Å². The van der Waals surface area contributed by atoms with Crippen LogP contribution in [0, 0.1) is 0 Å². The highest BCUT2D eigenvalue weighted by atomic mass is 32.1. The molecule has 0 spiro atoms. The van der Waals surface area contributed by atoms with Gasteiger partial charge in [0.05, 0.1) is 6.54 Å². The molecular weight excluding hydrogens is 360 g/mol. The zero-order valence-corrected chi connectivity index (χ0v) is 15.7. The molecule has 2 N–H and O–H groups in total. The van der Waals surface area contributed by atoms with E-state index in [0.29, 0.717) is 17.1 Å². The number of nitrogens with one attached hydrogen (secondary N) is 1. The molecule has 0 fully saturated rings. The summed E-state index contributed by atoms with van der Waals surface area (Å²) in [6.45, 7) is 0.812. The molecule has 6 heteroatoms. The second-order valence-corrected chi connectivity index (χ2v) is 7.11. The van der Waals surface area contributed by atoms with Gasteiger partial charge in [-0.05, 0) is 18.2 Å². The minimum atomic E-state index is -1.05. The van der Waals surface area contributed by atoms with E-state index >= 15 is 0 Å². The number of carboxylic acid groups (broad SMARTS) is 1. The largest absolute Gasteiger partial charge is 0.478 e. The first kappa shape index (κ1) is 18.8. The summed E-state index contributed by atoms with van der Waals surface area (Å²) in [6.07, 6.45) is 0. The lowest BCUT2D eigenvalue weighted by atomic mass is 10.0.